The van der Waals surface area contributed by atoms with Crippen molar-refractivity contribution < 1.29 is 47.8 Å². The minimum atomic E-state index is 0. The Hall–Kier alpha value is 0.807. The van der Waals surface area contributed by atoms with Crippen molar-refractivity contribution in [2.75, 3.05) is 0 Å². The van der Waals surface area contributed by atoms with Crippen molar-refractivity contribution in [1.29, 1.82) is 0 Å². The second-order valence-corrected chi connectivity index (χ2v) is 22.0. The molecule has 0 saturated carbocycles. The van der Waals surface area contributed by atoms with Gasteiger partial charge in [0.2, 0.25) is 0 Å². The van der Waals surface area contributed by atoms with Crippen LogP contribution in [0.1, 0.15) is 27.7 Å². The third kappa shape index (κ3) is 8.44. The molecule has 0 N–H and O–H groups in total. The van der Waals surface area contributed by atoms with Gasteiger partial charge in [-0.2, -0.15) is 35.5 Å². The Labute approximate surface area is 195 Å². The van der Waals surface area contributed by atoms with Crippen LogP contribution < -0.4 is 24.8 Å². The SMILES string of the molecule is CC1=CC2=[C-]C(C)SC2=C1.CC1=CC2=[C-]C(C)SC2=C1.C[Si](C)=[Hf+2].[Cl-].[Cl-]. The van der Waals surface area contributed by atoms with Crippen LogP contribution in [0, 0.1) is 12.2 Å². The van der Waals surface area contributed by atoms with Crippen LogP contribution in [-0.4, -0.2) is 16.0 Å². The molecule has 140 valence electrons. The summed E-state index contributed by atoms with van der Waals surface area (Å²) in [7, 11) is 0. The summed E-state index contributed by atoms with van der Waals surface area (Å²) in [4.78, 5) is 2.81. The van der Waals surface area contributed by atoms with Crippen molar-refractivity contribution in [3.63, 3.8) is 0 Å². The minimum Gasteiger partial charge on any atom is -1.00 e. The van der Waals surface area contributed by atoms with Gasteiger partial charge in [-0.25, -0.2) is 23.5 Å². The van der Waals surface area contributed by atoms with Crippen molar-refractivity contribution in [2.45, 2.75) is 51.3 Å². The van der Waals surface area contributed by atoms with Crippen molar-refractivity contribution in [2.24, 2.45) is 0 Å². The molecular weight excluding hydrogens is 582 g/mol. The predicted molar refractivity (Wildman–Crippen MR) is 109 cm³/mol. The van der Waals surface area contributed by atoms with E-state index in [1.165, 1.54) is 55.1 Å². The van der Waals surface area contributed by atoms with Gasteiger partial charge in [-0.1, -0.05) is 37.5 Å². The van der Waals surface area contributed by atoms with E-state index in [4.69, 9.17) is 0 Å². The van der Waals surface area contributed by atoms with E-state index in [2.05, 4.69) is 77.2 Å². The first-order valence-electron chi connectivity index (χ1n) is 8.17. The van der Waals surface area contributed by atoms with Crippen LogP contribution in [0.25, 0.3) is 0 Å². The van der Waals surface area contributed by atoms with Gasteiger partial charge in [0.15, 0.2) is 0 Å². The second-order valence-electron chi connectivity index (χ2n) is 6.43. The van der Waals surface area contributed by atoms with Crippen molar-refractivity contribution >= 4 is 29.0 Å². The third-order valence-corrected chi connectivity index (χ3v) is 5.44. The van der Waals surface area contributed by atoms with E-state index >= 15 is 0 Å². The van der Waals surface area contributed by atoms with E-state index in [1.54, 1.807) is 0 Å². The van der Waals surface area contributed by atoms with Gasteiger partial charge in [0, 0.05) is 0 Å². The smallest absolute Gasteiger partial charge is 1.00 e. The molecule has 0 saturated heterocycles. The van der Waals surface area contributed by atoms with Gasteiger partial charge in [-0.05, 0) is 10.5 Å². The molecule has 2 aliphatic heterocycles. The summed E-state index contributed by atoms with van der Waals surface area (Å²) in [5.41, 5.74) is 5.61. The van der Waals surface area contributed by atoms with Crippen molar-refractivity contribution in [1.82, 2.24) is 0 Å². The van der Waals surface area contributed by atoms with Crippen LogP contribution in [0.15, 0.2) is 56.4 Å². The number of halogens is 2. The van der Waals surface area contributed by atoms with Crippen molar-refractivity contribution in [3.05, 3.63) is 68.6 Å². The molecule has 2 unspecified atom stereocenters. The van der Waals surface area contributed by atoms with Crippen LogP contribution in [0.3, 0.4) is 0 Å². The summed E-state index contributed by atoms with van der Waals surface area (Å²) >= 11 is 5.25. The fourth-order valence-corrected chi connectivity index (χ4v) is 4.68. The molecule has 0 fully saturated rings. The number of rotatable bonds is 0. The third-order valence-electron chi connectivity index (χ3n) is 3.32. The number of fused-ring (bicyclic) bond motifs is 2. The molecule has 2 atom stereocenters. The van der Waals surface area contributed by atoms with Gasteiger partial charge >= 0.3 is 41.6 Å². The summed E-state index contributed by atoms with van der Waals surface area (Å²) < 4.78 is 0. The number of thioether (sulfide) groups is 2. The first-order valence-corrected chi connectivity index (χ1v) is 17.8. The number of allylic oxidation sites excluding steroid dienone is 8. The Morgan fingerprint density at radius 1 is 0.808 bits per heavy atom. The summed E-state index contributed by atoms with van der Waals surface area (Å²) in [5, 5.41) is 1.12. The van der Waals surface area contributed by atoms with Crippen LogP contribution in [0.5, 0.6) is 0 Å². The predicted octanol–water partition coefficient (Wildman–Crippen LogP) is 0.182. The molecule has 6 heteroatoms. The molecule has 2 aliphatic carbocycles. The Kier molecular flexibility index (Phi) is 12.8. The zero-order valence-corrected chi connectivity index (χ0v) is 23.8. The molecule has 0 radical (unpaired) electrons. The molecule has 0 nitrogen and oxygen atoms in total. The second kappa shape index (κ2) is 12.4. The standard InChI is InChI=1S/2C9H9S.C2H6Si.2ClH.Hf/c2*1-6-3-8-5-7(2)10-9(8)4-6;1-3-2;;;/h2*3-4,7H,1-2H3;1-2H3;2*1H;/q2*-1;;;;+2/p-2. The molecule has 0 amide bonds. The van der Waals surface area contributed by atoms with Crippen LogP contribution in [-0.2, 0) is 23.0 Å². The molecular formula is C20H24Cl2HfS2Si-2. The maximum Gasteiger partial charge on any atom is -1.00 e. The number of hydrogen-bond donors (Lipinski definition) is 0. The Morgan fingerprint density at radius 2 is 1.12 bits per heavy atom. The first kappa shape index (κ1) is 26.8. The van der Waals surface area contributed by atoms with E-state index in [1.807, 2.05) is 23.5 Å². The van der Waals surface area contributed by atoms with Crippen LogP contribution in [0.2, 0.25) is 13.1 Å². The molecule has 0 spiro atoms. The quantitative estimate of drug-likeness (QED) is 0.286. The van der Waals surface area contributed by atoms with Gasteiger partial charge in [0.1, 0.15) is 0 Å². The van der Waals surface area contributed by atoms with E-state index in [9.17, 15) is 0 Å². The summed E-state index contributed by atoms with van der Waals surface area (Å²) in [6.45, 7) is 13.3. The molecule has 4 aliphatic rings. The molecule has 4 rings (SSSR count). The minimum absolute atomic E-state index is 0. The summed E-state index contributed by atoms with van der Waals surface area (Å²) in [5.74, 6) is 0. The monoisotopic (exact) mass is 606 g/mol. The van der Waals surface area contributed by atoms with Gasteiger partial charge in [0.05, 0.1) is 0 Å². The topological polar surface area (TPSA) is 0 Å². The fraction of sp³-hybridized carbons (Fsp3) is 0.400. The summed E-state index contributed by atoms with van der Waals surface area (Å²) in [6, 6.07) is 0. The molecule has 26 heavy (non-hydrogen) atoms. The molecule has 0 bridgehead atoms. The zero-order chi connectivity index (χ0) is 17.9. The van der Waals surface area contributed by atoms with Crippen molar-refractivity contribution in [3.8, 4) is 0 Å². The zero-order valence-electron chi connectivity index (χ0n) is 16.0. The van der Waals surface area contributed by atoms with Gasteiger partial charge in [0.25, 0.3) is 0 Å². The Bertz CT molecular complexity index is 670. The van der Waals surface area contributed by atoms with Gasteiger partial charge in [-0.15, -0.1) is 23.3 Å². The van der Waals surface area contributed by atoms with E-state index in [0.717, 1.165) is 0 Å². The molecule has 0 aromatic rings. The Balaban J connectivity index is 0.000000378. The number of hydrogen-bond acceptors (Lipinski definition) is 2. The van der Waals surface area contributed by atoms with E-state index in [-0.39, 0.29) is 30.3 Å². The van der Waals surface area contributed by atoms with Crippen LogP contribution >= 0.6 is 23.5 Å². The molecule has 0 aromatic heterocycles. The van der Waals surface area contributed by atoms with Gasteiger partial charge < -0.3 is 24.8 Å². The molecule has 2 heterocycles. The fourth-order valence-electron chi connectivity index (χ4n) is 2.55. The average molecular weight is 606 g/mol. The summed E-state index contributed by atoms with van der Waals surface area (Å²) in [6.07, 6.45) is 15.6. The van der Waals surface area contributed by atoms with E-state index in [0.29, 0.717) is 10.5 Å². The van der Waals surface area contributed by atoms with E-state index < -0.39 is 0 Å². The maximum absolute atomic E-state index is 3.38. The van der Waals surface area contributed by atoms with Gasteiger partial charge in [-0.3, -0.25) is 0 Å². The average Bonchev–Trinajstić information content (AvgIpc) is 3.08. The normalized spacial score (nSPS) is 23.7. The van der Waals surface area contributed by atoms with Crippen LogP contribution in [0.4, 0.5) is 0 Å². The largest absolute Gasteiger partial charge is 1.00 e. The molecule has 0 aromatic carbocycles. The Morgan fingerprint density at radius 3 is 1.38 bits per heavy atom. The first-order chi connectivity index (χ1) is 11.2. The maximum atomic E-state index is 3.38.